The number of nitrogens with zero attached hydrogens (tertiary/aromatic N) is 1. The molecule has 0 aliphatic carbocycles. The summed E-state index contributed by atoms with van der Waals surface area (Å²) in [5.41, 5.74) is 0.627. The molecule has 164 valence electrons. The van der Waals surface area contributed by atoms with Gasteiger partial charge < -0.3 is 9.52 Å². The first-order valence-corrected chi connectivity index (χ1v) is 13.0. The van der Waals surface area contributed by atoms with Gasteiger partial charge in [-0.2, -0.15) is 11.8 Å². The summed E-state index contributed by atoms with van der Waals surface area (Å²) in [5.74, 6) is -0.152. The predicted octanol–water partition coefficient (Wildman–Crippen LogP) is 3.00. The van der Waals surface area contributed by atoms with Crippen LogP contribution in [0.1, 0.15) is 12.2 Å². The van der Waals surface area contributed by atoms with Gasteiger partial charge >= 0.3 is 5.97 Å². The highest BCUT2D eigenvalue weighted by molar-refractivity contribution is 8.26. The van der Waals surface area contributed by atoms with Gasteiger partial charge in [0.15, 0.2) is 0 Å². The first-order chi connectivity index (χ1) is 14.6. The van der Waals surface area contributed by atoms with E-state index >= 15 is 0 Å². The van der Waals surface area contributed by atoms with Gasteiger partial charge in [-0.3, -0.25) is 9.69 Å². The number of thiocarbonyl (C=S) groups is 1. The lowest BCUT2D eigenvalue weighted by Crippen LogP contribution is -2.44. The molecule has 1 unspecified atom stereocenters. The van der Waals surface area contributed by atoms with E-state index in [4.69, 9.17) is 21.8 Å². The normalized spacial score (nSPS) is 16.8. The van der Waals surface area contributed by atoms with Gasteiger partial charge in [-0.1, -0.05) is 24.0 Å². The standard InChI is InChI=1S/C19H18N2O6S4/c1-29-9-8-14(18(23)24)21-17(22)16(30-19(21)28)10-12-4-7-15(27-12)11-2-5-13(6-3-11)31(20,25)26/h2-7,10,14H,8-9H2,1H3,(H,23,24)(H2,20,25,26)/b16-10-. The first-order valence-electron chi connectivity index (χ1n) is 8.83. The van der Waals surface area contributed by atoms with Crippen molar-refractivity contribution in [3.05, 3.63) is 47.1 Å². The fourth-order valence-electron chi connectivity index (χ4n) is 2.86. The van der Waals surface area contributed by atoms with Crippen LogP contribution >= 0.6 is 35.7 Å². The van der Waals surface area contributed by atoms with Crippen LogP contribution in [0.25, 0.3) is 17.4 Å². The average Bonchev–Trinajstić information content (AvgIpc) is 3.27. The van der Waals surface area contributed by atoms with Crippen LogP contribution in [-0.4, -0.2) is 52.7 Å². The Bertz CT molecular complexity index is 1150. The zero-order valence-electron chi connectivity index (χ0n) is 16.2. The SMILES string of the molecule is CSCCC(C(=O)O)N1C(=O)/C(=C/c2ccc(-c3ccc(S(N)(=O)=O)cc3)o2)SC1=S. The van der Waals surface area contributed by atoms with E-state index in [1.807, 2.05) is 6.26 Å². The number of carbonyl (C=O) groups excluding carboxylic acids is 1. The van der Waals surface area contributed by atoms with Crippen LogP contribution in [0.4, 0.5) is 0 Å². The number of benzene rings is 1. The van der Waals surface area contributed by atoms with E-state index in [2.05, 4.69) is 0 Å². The van der Waals surface area contributed by atoms with Gasteiger partial charge in [0.25, 0.3) is 5.91 Å². The zero-order valence-corrected chi connectivity index (χ0v) is 19.4. The average molecular weight is 499 g/mol. The number of sulfonamides is 1. The van der Waals surface area contributed by atoms with E-state index in [9.17, 15) is 23.1 Å². The third kappa shape index (κ3) is 5.39. The van der Waals surface area contributed by atoms with E-state index in [0.717, 1.165) is 16.7 Å². The summed E-state index contributed by atoms with van der Waals surface area (Å²) in [7, 11) is -3.79. The number of aliphatic carboxylic acids is 1. The molecule has 2 aromatic rings. The van der Waals surface area contributed by atoms with Crippen molar-refractivity contribution in [1.29, 1.82) is 0 Å². The summed E-state index contributed by atoms with van der Waals surface area (Å²) in [6.45, 7) is 0. The Morgan fingerprint density at radius 3 is 2.58 bits per heavy atom. The highest BCUT2D eigenvalue weighted by Gasteiger charge is 2.40. The van der Waals surface area contributed by atoms with E-state index in [-0.39, 0.29) is 20.5 Å². The largest absolute Gasteiger partial charge is 0.480 e. The molecule has 0 spiro atoms. The van der Waals surface area contributed by atoms with Gasteiger partial charge in [-0.25, -0.2) is 18.4 Å². The number of carbonyl (C=O) groups is 2. The van der Waals surface area contributed by atoms with Crippen molar-refractivity contribution in [3.63, 3.8) is 0 Å². The lowest BCUT2D eigenvalue weighted by atomic mass is 10.2. The molecule has 3 N–H and O–H groups in total. The Morgan fingerprint density at radius 1 is 1.32 bits per heavy atom. The smallest absolute Gasteiger partial charge is 0.326 e. The van der Waals surface area contributed by atoms with Crippen molar-refractivity contribution < 1.29 is 27.5 Å². The van der Waals surface area contributed by atoms with Crippen LogP contribution in [0.2, 0.25) is 0 Å². The summed E-state index contributed by atoms with van der Waals surface area (Å²) >= 11 is 7.77. The molecule has 1 aliphatic heterocycles. The van der Waals surface area contributed by atoms with Crippen LogP contribution in [-0.2, 0) is 19.6 Å². The summed E-state index contributed by atoms with van der Waals surface area (Å²) in [5, 5.41) is 14.6. The number of hydrogen-bond donors (Lipinski definition) is 2. The maximum atomic E-state index is 12.8. The monoisotopic (exact) mass is 498 g/mol. The quantitative estimate of drug-likeness (QED) is 0.416. The fraction of sp³-hybridized carbons (Fsp3) is 0.211. The molecule has 0 saturated carbocycles. The minimum absolute atomic E-state index is 0.0128. The Balaban J connectivity index is 1.82. The number of furan rings is 1. The number of thioether (sulfide) groups is 2. The number of hydrogen-bond acceptors (Lipinski definition) is 8. The second-order valence-electron chi connectivity index (χ2n) is 6.46. The van der Waals surface area contributed by atoms with Crippen molar-refractivity contribution in [2.45, 2.75) is 17.4 Å². The summed E-state index contributed by atoms with van der Waals surface area (Å²) < 4.78 is 28.7. The van der Waals surface area contributed by atoms with E-state index in [1.165, 1.54) is 30.0 Å². The Kier molecular flexibility index (Phi) is 7.27. The molecular weight excluding hydrogens is 480 g/mol. The molecule has 0 radical (unpaired) electrons. The predicted molar refractivity (Wildman–Crippen MR) is 125 cm³/mol. The van der Waals surface area contributed by atoms with Crippen molar-refractivity contribution in [3.8, 4) is 11.3 Å². The molecular formula is C19H18N2O6S4. The highest BCUT2D eigenvalue weighted by Crippen LogP contribution is 2.35. The van der Waals surface area contributed by atoms with Gasteiger partial charge in [-0.15, -0.1) is 0 Å². The minimum atomic E-state index is -3.79. The van der Waals surface area contributed by atoms with Crippen LogP contribution < -0.4 is 5.14 Å². The van der Waals surface area contributed by atoms with Gasteiger partial charge in [0.1, 0.15) is 21.9 Å². The van der Waals surface area contributed by atoms with Crippen molar-refractivity contribution in [2.75, 3.05) is 12.0 Å². The molecule has 0 bridgehead atoms. The van der Waals surface area contributed by atoms with Crippen LogP contribution in [0.5, 0.6) is 0 Å². The summed E-state index contributed by atoms with van der Waals surface area (Å²) in [6.07, 6.45) is 3.66. The van der Waals surface area contributed by atoms with E-state index < -0.39 is 27.9 Å². The zero-order chi connectivity index (χ0) is 22.8. The Labute approximate surface area is 192 Å². The molecule has 3 rings (SSSR count). The lowest BCUT2D eigenvalue weighted by Gasteiger charge is -2.22. The van der Waals surface area contributed by atoms with E-state index in [0.29, 0.717) is 22.8 Å². The van der Waals surface area contributed by atoms with Crippen molar-refractivity contribution in [2.24, 2.45) is 5.14 Å². The number of carboxylic acids is 1. The molecule has 1 aromatic carbocycles. The number of nitrogens with two attached hydrogens (primary N) is 1. The molecule has 1 aliphatic rings. The van der Waals surface area contributed by atoms with Gasteiger partial charge in [-0.05, 0) is 54.8 Å². The first kappa shape index (κ1) is 23.5. The minimum Gasteiger partial charge on any atom is -0.480 e. The van der Waals surface area contributed by atoms with Crippen LogP contribution in [0.3, 0.4) is 0 Å². The molecule has 2 heterocycles. The topological polar surface area (TPSA) is 131 Å². The third-order valence-electron chi connectivity index (χ3n) is 4.38. The second-order valence-corrected chi connectivity index (χ2v) is 10.7. The number of carboxylic acid groups (broad SMARTS) is 1. The fourth-order valence-corrected chi connectivity index (χ4v) is 5.18. The Morgan fingerprint density at radius 2 is 2.00 bits per heavy atom. The van der Waals surface area contributed by atoms with Crippen molar-refractivity contribution in [1.82, 2.24) is 4.90 Å². The molecule has 31 heavy (non-hydrogen) atoms. The molecule has 1 saturated heterocycles. The van der Waals surface area contributed by atoms with Crippen LogP contribution in [0, 0.1) is 0 Å². The summed E-state index contributed by atoms with van der Waals surface area (Å²) in [4.78, 5) is 25.8. The lowest BCUT2D eigenvalue weighted by molar-refractivity contribution is -0.145. The molecule has 12 heteroatoms. The van der Waals surface area contributed by atoms with E-state index in [1.54, 1.807) is 24.3 Å². The maximum absolute atomic E-state index is 12.8. The van der Waals surface area contributed by atoms with Crippen LogP contribution in [0.15, 0.2) is 50.6 Å². The van der Waals surface area contributed by atoms with Gasteiger partial charge in [0, 0.05) is 11.6 Å². The molecule has 1 atom stereocenters. The number of primary sulfonamides is 1. The van der Waals surface area contributed by atoms with Gasteiger partial charge in [0.05, 0.1) is 9.80 Å². The molecule has 8 nitrogen and oxygen atoms in total. The second kappa shape index (κ2) is 9.57. The summed E-state index contributed by atoms with van der Waals surface area (Å²) in [6, 6.07) is 8.18. The van der Waals surface area contributed by atoms with Crippen molar-refractivity contribution >= 4 is 68.0 Å². The Hall–Kier alpha value is -2.12. The number of amides is 1. The number of rotatable bonds is 8. The highest BCUT2D eigenvalue weighted by atomic mass is 32.2. The molecule has 1 amide bonds. The molecule has 1 aromatic heterocycles. The molecule has 1 fully saturated rings. The third-order valence-corrected chi connectivity index (χ3v) is 7.29. The van der Waals surface area contributed by atoms with Gasteiger partial charge in [0.2, 0.25) is 10.0 Å². The maximum Gasteiger partial charge on any atom is 0.326 e.